The molecule has 1 atom stereocenters. The highest BCUT2D eigenvalue weighted by molar-refractivity contribution is 7.92. The molecular weight excluding hydrogens is 609 g/mol. The van der Waals surface area contributed by atoms with E-state index in [4.69, 9.17) is 39.5 Å². The lowest BCUT2D eigenvalue weighted by molar-refractivity contribution is -0.139. The number of hydrogen-bond acceptors (Lipinski definition) is 5. The highest BCUT2D eigenvalue weighted by atomic mass is 35.5. The minimum absolute atomic E-state index is 0.0408. The highest BCUT2D eigenvalue weighted by Crippen LogP contribution is 2.35. The molecule has 3 aromatic carbocycles. The number of carbonyl (C=O) groups is 2. The SMILES string of the molecule is CCCCNC(=O)C(C)N(Cc1c(Cl)cccc1Cl)C(=O)CN(c1cc(Cl)ccc1OC)S(=O)(=O)c1ccccc1. The predicted octanol–water partition coefficient (Wildman–Crippen LogP) is 6.18. The van der Waals surface area contributed by atoms with Gasteiger partial charge in [-0.05, 0) is 55.8 Å². The number of nitrogens with one attached hydrogen (secondary N) is 1. The standard InChI is InChI=1S/C29H32Cl3N3O5S/c1-4-5-16-33-29(37)20(2)34(18-23-24(31)12-9-13-25(23)32)28(36)19-35(26-17-21(30)14-15-27(26)40-3)41(38,39)22-10-7-6-8-11-22/h6-15,17,20H,4-5,16,18-19H2,1-3H3,(H,33,37). The number of amides is 2. The van der Waals surface area contributed by atoms with Crippen molar-refractivity contribution in [3.05, 3.63) is 87.4 Å². The number of sulfonamides is 1. The van der Waals surface area contributed by atoms with Crippen LogP contribution in [0.2, 0.25) is 15.1 Å². The van der Waals surface area contributed by atoms with E-state index in [1.54, 1.807) is 49.4 Å². The molecule has 2 amide bonds. The summed E-state index contributed by atoms with van der Waals surface area (Å²) in [5.74, 6) is -0.874. The average molecular weight is 641 g/mol. The highest BCUT2D eigenvalue weighted by Gasteiger charge is 2.34. The fourth-order valence-corrected chi connectivity index (χ4v) is 6.18. The van der Waals surface area contributed by atoms with Crippen LogP contribution < -0.4 is 14.4 Å². The van der Waals surface area contributed by atoms with Crippen LogP contribution in [0.1, 0.15) is 32.3 Å². The third-order valence-corrected chi connectivity index (χ3v) is 9.12. The second-order valence-corrected chi connectivity index (χ2v) is 12.3. The maximum atomic E-state index is 14.1. The third kappa shape index (κ3) is 8.07. The van der Waals surface area contributed by atoms with Crippen molar-refractivity contribution in [1.29, 1.82) is 0 Å². The van der Waals surface area contributed by atoms with Crippen molar-refractivity contribution in [3.63, 3.8) is 0 Å². The van der Waals surface area contributed by atoms with E-state index in [1.807, 2.05) is 6.92 Å². The molecule has 0 aromatic heterocycles. The topological polar surface area (TPSA) is 96.0 Å². The largest absolute Gasteiger partial charge is 0.495 e. The lowest BCUT2D eigenvalue weighted by atomic mass is 10.1. The Morgan fingerprint density at radius 1 is 0.976 bits per heavy atom. The summed E-state index contributed by atoms with van der Waals surface area (Å²) in [4.78, 5) is 28.4. The lowest BCUT2D eigenvalue weighted by Crippen LogP contribution is -2.51. The van der Waals surface area contributed by atoms with Crippen molar-refractivity contribution in [2.45, 2.75) is 44.2 Å². The first kappa shape index (κ1) is 32.5. The number of anilines is 1. The van der Waals surface area contributed by atoms with Gasteiger partial charge in [0.25, 0.3) is 10.0 Å². The zero-order valence-electron chi connectivity index (χ0n) is 22.9. The summed E-state index contributed by atoms with van der Waals surface area (Å²) in [6.07, 6.45) is 1.64. The molecule has 0 aliphatic heterocycles. The maximum Gasteiger partial charge on any atom is 0.264 e. The van der Waals surface area contributed by atoms with Gasteiger partial charge in [0.2, 0.25) is 11.8 Å². The number of halogens is 3. The number of unbranched alkanes of at least 4 members (excludes halogenated alkanes) is 1. The molecule has 3 rings (SSSR count). The van der Waals surface area contributed by atoms with Crippen LogP contribution in [0.15, 0.2) is 71.6 Å². The van der Waals surface area contributed by atoms with E-state index in [0.717, 1.165) is 17.1 Å². The van der Waals surface area contributed by atoms with Crippen molar-refractivity contribution in [2.24, 2.45) is 0 Å². The van der Waals surface area contributed by atoms with E-state index in [1.165, 1.54) is 36.3 Å². The quantitative estimate of drug-likeness (QED) is 0.225. The number of hydrogen-bond donors (Lipinski definition) is 1. The van der Waals surface area contributed by atoms with Crippen molar-refractivity contribution in [3.8, 4) is 5.75 Å². The van der Waals surface area contributed by atoms with E-state index >= 15 is 0 Å². The first-order valence-electron chi connectivity index (χ1n) is 12.9. The van der Waals surface area contributed by atoms with E-state index in [-0.39, 0.29) is 27.9 Å². The van der Waals surface area contributed by atoms with Gasteiger partial charge < -0.3 is 15.0 Å². The van der Waals surface area contributed by atoms with Crippen molar-refractivity contribution >= 4 is 62.3 Å². The molecule has 0 fully saturated rings. The van der Waals surface area contributed by atoms with Gasteiger partial charge in [-0.25, -0.2) is 8.42 Å². The molecule has 0 spiro atoms. The minimum Gasteiger partial charge on any atom is -0.495 e. The van der Waals surface area contributed by atoms with Crippen LogP contribution in [0.5, 0.6) is 5.75 Å². The van der Waals surface area contributed by atoms with E-state index in [9.17, 15) is 18.0 Å². The van der Waals surface area contributed by atoms with Crippen LogP contribution in [-0.2, 0) is 26.2 Å². The molecule has 0 aliphatic rings. The molecule has 8 nitrogen and oxygen atoms in total. The predicted molar refractivity (Wildman–Crippen MR) is 163 cm³/mol. The van der Waals surface area contributed by atoms with Gasteiger partial charge >= 0.3 is 0 Å². The van der Waals surface area contributed by atoms with E-state index in [2.05, 4.69) is 5.32 Å². The summed E-state index contributed by atoms with van der Waals surface area (Å²) < 4.78 is 34.3. The summed E-state index contributed by atoms with van der Waals surface area (Å²) in [6.45, 7) is 3.20. The molecule has 3 aromatic rings. The Kier molecular flexibility index (Phi) is 11.7. The van der Waals surface area contributed by atoms with Crippen molar-refractivity contribution < 1.29 is 22.7 Å². The molecule has 0 bridgehead atoms. The molecule has 41 heavy (non-hydrogen) atoms. The first-order chi connectivity index (χ1) is 19.5. The van der Waals surface area contributed by atoms with Crippen LogP contribution >= 0.6 is 34.8 Å². The fraction of sp³-hybridized carbons (Fsp3) is 0.310. The molecule has 0 saturated carbocycles. The number of methoxy groups -OCH3 is 1. The lowest BCUT2D eigenvalue weighted by Gasteiger charge is -2.32. The number of benzene rings is 3. The van der Waals surface area contributed by atoms with Crippen LogP contribution in [-0.4, -0.2) is 51.4 Å². The molecular formula is C29H32Cl3N3O5S. The van der Waals surface area contributed by atoms with Gasteiger partial charge in [0.1, 0.15) is 18.3 Å². The second kappa shape index (κ2) is 14.8. The zero-order chi connectivity index (χ0) is 30.2. The van der Waals surface area contributed by atoms with Gasteiger partial charge in [-0.3, -0.25) is 13.9 Å². The molecule has 1 N–H and O–H groups in total. The minimum atomic E-state index is -4.29. The number of rotatable bonds is 13. The average Bonchev–Trinajstić information content (AvgIpc) is 2.95. The monoisotopic (exact) mass is 639 g/mol. The molecule has 12 heteroatoms. The molecule has 220 valence electrons. The van der Waals surface area contributed by atoms with Gasteiger partial charge in [-0.15, -0.1) is 0 Å². The fourth-order valence-electron chi connectivity index (χ4n) is 4.06. The summed E-state index contributed by atoms with van der Waals surface area (Å²) in [6, 6.07) is 16.1. The van der Waals surface area contributed by atoms with Gasteiger partial charge in [-0.2, -0.15) is 0 Å². The Labute approximate surface area is 256 Å². The van der Waals surface area contributed by atoms with E-state index in [0.29, 0.717) is 22.2 Å². The van der Waals surface area contributed by atoms with Crippen molar-refractivity contribution in [1.82, 2.24) is 10.2 Å². The Balaban J connectivity index is 2.10. The summed E-state index contributed by atoms with van der Waals surface area (Å²) in [5.41, 5.74) is 0.489. The van der Waals surface area contributed by atoms with Gasteiger partial charge in [0.05, 0.1) is 17.7 Å². The first-order valence-corrected chi connectivity index (χ1v) is 15.5. The Hall–Kier alpha value is -2.98. The summed E-state index contributed by atoms with van der Waals surface area (Å²) in [7, 11) is -2.91. The molecule has 0 aliphatic carbocycles. The zero-order valence-corrected chi connectivity index (χ0v) is 26.0. The summed E-state index contributed by atoms with van der Waals surface area (Å²) in [5, 5.41) is 3.68. The van der Waals surface area contributed by atoms with Gasteiger partial charge in [0.15, 0.2) is 0 Å². The van der Waals surface area contributed by atoms with Crippen LogP contribution in [0.4, 0.5) is 5.69 Å². The smallest absolute Gasteiger partial charge is 0.264 e. The molecule has 0 heterocycles. The van der Waals surface area contributed by atoms with Crippen LogP contribution in [0.3, 0.4) is 0 Å². The Morgan fingerprint density at radius 2 is 1.63 bits per heavy atom. The molecule has 0 saturated heterocycles. The van der Waals surface area contributed by atoms with Crippen molar-refractivity contribution in [2.75, 3.05) is 24.5 Å². The second-order valence-electron chi connectivity index (χ2n) is 9.18. The number of nitrogens with zero attached hydrogens (tertiary/aromatic N) is 2. The van der Waals surface area contributed by atoms with Gasteiger partial charge in [-0.1, -0.05) is 72.4 Å². The number of ether oxygens (including phenoxy) is 1. The third-order valence-electron chi connectivity index (χ3n) is 6.41. The Morgan fingerprint density at radius 3 is 2.24 bits per heavy atom. The molecule has 0 radical (unpaired) electrons. The van der Waals surface area contributed by atoms with E-state index < -0.39 is 34.4 Å². The normalized spacial score (nSPS) is 12.0. The Bertz CT molecular complexity index is 1450. The van der Waals surface area contributed by atoms with Gasteiger partial charge in [0, 0.05) is 33.7 Å². The number of carbonyl (C=O) groups excluding carboxylic acids is 2. The molecule has 1 unspecified atom stereocenters. The maximum absolute atomic E-state index is 14.1. The van der Waals surface area contributed by atoms with Crippen LogP contribution in [0.25, 0.3) is 0 Å². The van der Waals surface area contributed by atoms with Crippen LogP contribution in [0, 0.1) is 0 Å². The summed E-state index contributed by atoms with van der Waals surface area (Å²) >= 11 is 19.1.